The summed E-state index contributed by atoms with van der Waals surface area (Å²) in [5.41, 5.74) is 4.01. The Morgan fingerprint density at radius 3 is 2.55 bits per heavy atom. The highest BCUT2D eigenvalue weighted by Gasteiger charge is 2.35. The van der Waals surface area contributed by atoms with Gasteiger partial charge in [0.15, 0.2) is 0 Å². The van der Waals surface area contributed by atoms with Gasteiger partial charge in [-0.2, -0.15) is 18.3 Å². The molecule has 1 atom stereocenters. The highest BCUT2D eigenvalue weighted by atomic mass is 19.4. The van der Waals surface area contributed by atoms with Crippen molar-refractivity contribution in [3.8, 4) is 0 Å². The van der Waals surface area contributed by atoms with Crippen LogP contribution in [0.4, 0.5) is 13.2 Å². The number of hydrogen-bond acceptors (Lipinski definition) is 4. The monoisotopic (exact) mass is 293 g/mol. The van der Waals surface area contributed by atoms with Gasteiger partial charge in [0, 0.05) is 5.56 Å². The Hall–Kier alpha value is -1.57. The van der Waals surface area contributed by atoms with Crippen LogP contribution in [0.3, 0.4) is 0 Å². The molecular formula is C12H18F3N3O2. The van der Waals surface area contributed by atoms with E-state index >= 15 is 0 Å². The molecule has 0 radical (unpaired) electrons. The van der Waals surface area contributed by atoms with Crippen molar-refractivity contribution in [1.29, 1.82) is 0 Å². The first kappa shape index (κ1) is 16.5. The zero-order chi connectivity index (χ0) is 15.6. The molecule has 0 aliphatic carbocycles. The first-order valence-electron chi connectivity index (χ1n) is 6.08. The standard InChI is InChI=1S/C12H18F3N3O2/c1-11(2,3)20-10(19)8(16)5-4-7-6-17-18-9(7)12(13,14)15/h6,8H,4-5,16H2,1-3H3,(H,17,18)/t8-/m1/s1. The SMILES string of the molecule is CC(C)(C)OC(=O)[C@H](N)CCc1cn[nH]c1C(F)(F)F. The van der Waals surface area contributed by atoms with Crippen LogP contribution in [0.2, 0.25) is 0 Å². The van der Waals surface area contributed by atoms with Gasteiger partial charge in [-0.05, 0) is 33.6 Å². The maximum absolute atomic E-state index is 12.6. The lowest BCUT2D eigenvalue weighted by atomic mass is 10.1. The van der Waals surface area contributed by atoms with Crippen LogP contribution in [0.15, 0.2) is 6.20 Å². The molecule has 8 heteroatoms. The fourth-order valence-corrected chi connectivity index (χ4v) is 1.55. The van der Waals surface area contributed by atoms with E-state index in [1.54, 1.807) is 20.8 Å². The number of esters is 1. The van der Waals surface area contributed by atoms with E-state index in [1.807, 2.05) is 5.10 Å². The van der Waals surface area contributed by atoms with Crippen molar-refractivity contribution in [2.45, 2.75) is 51.4 Å². The number of aromatic nitrogens is 2. The summed E-state index contributed by atoms with van der Waals surface area (Å²) in [7, 11) is 0. The normalized spacial score (nSPS) is 14.2. The van der Waals surface area contributed by atoms with Crippen LogP contribution in [0, 0.1) is 0 Å². The predicted octanol–water partition coefficient (Wildman–Crippen LogP) is 2.03. The second kappa shape index (κ2) is 5.82. The molecule has 1 heterocycles. The molecule has 1 aromatic rings. The van der Waals surface area contributed by atoms with Crippen LogP contribution < -0.4 is 5.73 Å². The molecule has 0 unspecified atom stereocenters. The van der Waals surface area contributed by atoms with E-state index in [0.29, 0.717) is 0 Å². The second-order valence-corrected chi connectivity index (χ2v) is 5.45. The van der Waals surface area contributed by atoms with Crippen molar-refractivity contribution < 1.29 is 22.7 Å². The Balaban J connectivity index is 2.60. The average molecular weight is 293 g/mol. The highest BCUT2D eigenvalue weighted by Crippen LogP contribution is 2.30. The molecule has 0 aliphatic heterocycles. The van der Waals surface area contributed by atoms with Gasteiger partial charge in [0.1, 0.15) is 17.3 Å². The predicted molar refractivity (Wildman–Crippen MR) is 65.7 cm³/mol. The number of nitrogens with one attached hydrogen (secondary N) is 1. The van der Waals surface area contributed by atoms with Crippen LogP contribution in [0.25, 0.3) is 0 Å². The van der Waals surface area contributed by atoms with E-state index < -0.39 is 29.5 Å². The summed E-state index contributed by atoms with van der Waals surface area (Å²) in [5.74, 6) is -0.630. The number of aromatic amines is 1. The maximum Gasteiger partial charge on any atom is 0.433 e. The smallest absolute Gasteiger partial charge is 0.433 e. The molecule has 5 nitrogen and oxygen atoms in total. The van der Waals surface area contributed by atoms with Crippen LogP contribution in [0.5, 0.6) is 0 Å². The first-order chi connectivity index (χ1) is 9.00. The van der Waals surface area contributed by atoms with E-state index in [-0.39, 0.29) is 18.4 Å². The number of nitrogens with two attached hydrogens (primary N) is 1. The van der Waals surface area contributed by atoms with Crippen molar-refractivity contribution in [3.05, 3.63) is 17.5 Å². The van der Waals surface area contributed by atoms with Crippen molar-refractivity contribution in [2.24, 2.45) is 5.73 Å². The number of alkyl halides is 3. The highest BCUT2D eigenvalue weighted by molar-refractivity contribution is 5.75. The van der Waals surface area contributed by atoms with E-state index in [4.69, 9.17) is 10.5 Å². The molecule has 0 spiro atoms. The molecule has 0 saturated heterocycles. The van der Waals surface area contributed by atoms with Crippen LogP contribution in [-0.4, -0.2) is 27.8 Å². The molecule has 114 valence electrons. The Bertz CT molecular complexity index is 463. The van der Waals surface area contributed by atoms with Crippen molar-refractivity contribution in [1.82, 2.24) is 10.2 Å². The van der Waals surface area contributed by atoms with E-state index in [1.165, 1.54) is 0 Å². The quantitative estimate of drug-likeness (QED) is 0.832. The van der Waals surface area contributed by atoms with Crippen LogP contribution in [0.1, 0.15) is 38.4 Å². The zero-order valence-corrected chi connectivity index (χ0v) is 11.5. The minimum Gasteiger partial charge on any atom is -0.459 e. The lowest BCUT2D eigenvalue weighted by molar-refractivity contribution is -0.156. The molecule has 1 aromatic heterocycles. The van der Waals surface area contributed by atoms with E-state index in [2.05, 4.69) is 5.10 Å². The molecule has 0 amide bonds. The Morgan fingerprint density at radius 2 is 2.05 bits per heavy atom. The van der Waals surface area contributed by atoms with Gasteiger partial charge in [-0.25, -0.2) is 0 Å². The molecule has 0 aliphatic rings. The number of carbonyl (C=O) groups is 1. The maximum atomic E-state index is 12.6. The fraction of sp³-hybridized carbons (Fsp3) is 0.667. The molecule has 20 heavy (non-hydrogen) atoms. The Morgan fingerprint density at radius 1 is 1.45 bits per heavy atom. The molecular weight excluding hydrogens is 275 g/mol. The summed E-state index contributed by atoms with van der Waals surface area (Å²) >= 11 is 0. The lowest BCUT2D eigenvalue weighted by Crippen LogP contribution is -2.37. The van der Waals surface area contributed by atoms with Crippen molar-refractivity contribution in [2.75, 3.05) is 0 Å². The Kier molecular flexibility index (Phi) is 4.80. The number of nitrogens with zero attached hydrogens (tertiary/aromatic N) is 1. The van der Waals surface area contributed by atoms with Crippen molar-refractivity contribution >= 4 is 5.97 Å². The van der Waals surface area contributed by atoms with Gasteiger partial charge in [0.05, 0.1) is 6.20 Å². The van der Waals surface area contributed by atoms with E-state index in [0.717, 1.165) is 6.20 Å². The first-order valence-corrected chi connectivity index (χ1v) is 6.08. The van der Waals surface area contributed by atoms with Gasteiger partial charge in [-0.1, -0.05) is 0 Å². The summed E-state index contributed by atoms with van der Waals surface area (Å²) in [6, 6.07) is -0.967. The molecule has 0 fully saturated rings. The van der Waals surface area contributed by atoms with Gasteiger partial charge >= 0.3 is 12.1 Å². The van der Waals surface area contributed by atoms with Crippen LogP contribution in [-0.2, 0) is 22.1 Å². The molecule has 0 bridgehead atoms. The lowest BCUT2D eigenvalue weighted by Gasteiger charge is -2.22. The third-order valence-corrected chi connectivity index (χ3v) is 2.44. The second-order valence-electron chi connectivity index (χ2n) is 5.45. The Labute approximate surface area is 114 Å². The molecule has 0 saturated carbocycles. The molecule has 0 aromatic carbocycles. The number of ether oxygens (including phenoxy) is 1. The number of H-pyrrole nitrogens is 1. The average Bonchev–Trinajstić information content (AvgIpc) is 2.70. The van der Waals surface area contributed by atoms with Gasteiger partial charge in [-0.15, -0.1) is 0 Å². The number of halogens is 3. The third kappa shape index (κ3) is 4.84. The summed E-state index contributed by atoms with van der Waals surface area (Å²) in [5, 5.41) is 5.27. The third-order valence-electron chi connectivity index (χ3n) is 2.44. The largest absolute Gasteiger partial charge is 0.459 e. The van der Waals surface area contributed by atoms with Gasteiger partial charge in [0.2, 0.25) is 0 Å². The molecule has 3 N–H and O–H groups in total. The van der Waals surface area contributed by atoms with Crippen molar-refractivity contribution in [3.63, 3.8) is 0 Å². The molecule has 1 rings (SSSR count). The summed E-state index contributed by atoms with van der Waals surface area (Å²) in [6.45, 7) is 5.07. The number of carbonyl (C=O) groups excluding carboxylic acids is 1. The fourth-order valence-electron chi connectivity index (χ4n) is 1.55. The summed E-state index contributed by atoms with van der Waals surface area (Å²) in [4.78, 5) is 11.6. The summed E-state index contributed by atoms with van der Waals surface area (Å²) < 4.78 is 42.8. The minimum absolute atomic E-state index is 0.00818. The number of hydrogen-bond donors (Lipinski definition) is 2. The van der Waals surface area contributed by atoms with E-state index in [9.17, 15) is 18.0 Å². The van der Waals surface area contributed by atoms with Crippen LogP contribution >= 0.6 is 0 Å². The number of rotatable bonds is 4. The minimum atomic E-state index is -4.50. The van der Waals surface area contributed by atoms with Gasteiger partial charge < -0.3 is 10.5 Å². The topological polar surface area (TPSA) is 81.0 Å². The van der Waals surface area contributed by atoms with Gasteiger partial charge in [0.25, 0.3) is 0 Å². The number of aryl methyl sites for hydroxylation is 1. The summed E-state index contributed by atoms with van der Waals surface area (Å²) in [6.07, 6.45) is -3.37. The zero-order valence-electron chi connectivity index (χ0n) is 11.5. The van der Waals surface area contributed by atoms with Gasteiger partial charge in [-0.3, -0.25) is 9.89 Å².